The lowest BCUT2D eigenvalue weighted by Gasteiger charge is -2.07. The molecule has 2 aromatic carbocycles. The van der Waals surface area contributed by atoms with Gasteiger partial charge in [-0.1, -0.05) is 24.3 Å². The van der Waals surface area contributed by atoms with Gasteiger partial charge in [-0.05, 0) is 29.8 Å². The van der Waals surface area contributed by atoms with E-state index >= 15 is 0 Å². The maximum absolute atomic E-state index is 13.3. The second-order valence-corrected chi connectivity index (χ2v) is 3.38. The summed E-state index contributed by atoms with van der Waals surface area (Å²) in [7, 11) is 0. The number of benzene rings is 2. The van der Waals surface area contributed by atoms with Gasteiger partial charge in [0, 0.05) is 6.54 Å². The smallest absolute Gasteiger partial charge is 0.165 e. The minimum atomic E-state index is -0.374. The highest BCUT2D eigenvalue weighted by molar-refractivity contribution is 5.34. The summed E-state index contributed by atoms with van der Waals surface area (Å²) in [5.74, 6) is 0.436. The average molecular weight is 235 g/mol. The van der Waals surface area contributed by atoms with Crippen molar-refractivity contribution in [2.45, 2.75) is 6.54 Å². The van der Waals surface area contributed by atoms with Crippen LogP contribution in [0.4, 0.5) is 4.39 Å². The van der Waals surface area contributed by atoms with Gasteiger partial charge in [0.15, 0.2) is 11.6 Å². The zero-order valence-electron chi connectivity index (χ0n) is 9.19. The standard InChI is InChI=1S/C13H12FNO.H2O/c14-12-6-1-2-7-13(12)16-11-5-3-4-10(8-11)9-15;/h1-8H,9,15H2;1H2. The first-order valence-corrected chi connectivity index (χ1v) is 5.01. The Morgan fingerprint density at radius 2 is 1.82 bits per heavy atom. The van der Waals surface area contributed by atoms with Crippen LogP contribution in [0, 0.1) is 5.82 Å². The highest BCUT2D eigenvalue weighted by atomic mass is 19.1. The van der Waals surface area contributed by atoms with Crippen molar-refractivity contribution in [2.75, 3.05) is 0 Å². The molecule has 0 bridgehead atoms. The summed E-state index contributed by atoms with van der Waals surface area (Å²) in [4.78, 5) is 0. The first-order chi connectivity index (χ1) is 7.79. The molecule has 0 spiro atoms. The van der Waals surface area contributed by atoms with Crippen molar-refractivity contribution < 1.29 is 14.6 Å². The Hall–Kier alpha value is -1.91. The van der Waals surface area contributed by atoms with Gasteiger partial charge >= 0.3 is 0 Å². The highest BCUT2D eigenvalue weighted by Crippen LogP contribution is 2.24. The van der Waals surface area contributed by atoms with Gasteiger partial charge in [0.05, 0.1) is 0 Å². The van der Waals surface area contributed by atoms with Crippen molar-refractivity contribution >= 4 is 0 Å². The van der Waals surface area contributed by atoms with E-state index in [4.69, 9.17) is 10.5 Å². The molecule has 0 aliphatic carbocycles. The van der Waals surface area contributed by atoms with Gasteiger partial charge < -0.3 is 15.9 Å². The van der Waals surface area contributed by atoms with Crippen molar-refractivity contribution in [1.82, 2.24) is 0 Å². The van der Waals surface area contributed by atoms with Crippen molar-refractivity contribution in [3.63, 3.8) is 0 Å². The molecule has 0 heterocycles. The van der Waals surface area contributed by atoms with E-state index < -0.39 is 0 Å². The summed E-state index contributed by atoms with van der Waals surface area (Å²) >= 11 is 0. The molecule has 2 aromatic rings. The van der Waals surface area contributed by atoms with Gasteiger partial charge in [0.25, 0.3) is 0 Å². The van der Waals surface area contributed by atoms with Gasteiger partial charge in [0.2, 0.25) is 0 Å². The van der Waals surface area contributed by atoms with Crippen LogP contribution in [0.15, 0.2) is 48.5 Å². The number of ether oxygens (including phenoxy) is 1. The lowest BCUT2D eigenvalue weighted by atomic mass is 10.2. The third-order valence-electron chi connectivity index (χ3n) is 2.20. The van der Waals surface area contributed by atoms with Crippen molar-refractivity contribution in [1.29, 1.82) is 0 Å². The van der Waals surface area contributed by atoms with Gasteiger partial charge in [-0.15, -0.1) is 0 Å². The fraction of sp³-hybridized carbons (Fsp3) is 0.0769. The van der Waals surface area contributed by atoms with Crippen LogP contribution < -0.4 is 10.5 Å². The molecule has 90 valence electrons. The lowest BCUT2D eigenvalue weighted by Crippen LogP contribution is -1.96. The number of halogens is 1. The molecule has 4 N–H and O–H groups in total. The molecule has 4 heteroatoms. The zero-order chi connectivity index (χ0) is 11.4. The maximum Gasteiger partial charge on any atom is 0.165 e. The molecule has 0 fully saturated rings. The highest BCUT2D eigenvalue weighted by Gasteiger charge is 2.03. The number of nitrogens with two attached hydrogens (primary N) is 1. The van der Waals surface area contributed by atoms with Crippen molar-refractivity contribution in [3.8, 4) is 11.5 Å². The molecule has 3 nitrogen and oxygen atoms in total. The Balaban J connectivity index is 0.00000144. The Bertz CT molecular complexity index is 488. The van der Waals surface area contributed by atoms with Gasteiger partial charge in [0.1, 0.15) is 5.75 Å². The molecular weight excluding hydrogens is 221 g/mol. The van der Waals surface area contributed by atoms with E-state index in [1.807, 2.05) is 12.1 Å². The van der Waals surface area contributed by atoms with Crippen LogP contribution in [0.3, 0.4) is 0 Å². The number of hydrogen-bond donors (Lipinski definition) is 1. The largest absolute Gasteiger partial charge is 0.454 e. The first-order valence-electron chi connectivity index (χ1n) is 5.01. The summed E-state index contributed by atoms with van der Waals surface area (Å²) in [6, 6.07) is 13.6. The predicted octanol–water partition coefficient (Wildman–Crippen LogP) is 2.25. The number of hydrogen-bond acceptors (Lipinski definition) is 2. The quantitative estimate of drug-likeness (QED) is 0.886. The molecule has 0 aliphatic rings. The predicted molar refractivity (Wildman–Crippen MR) is 64.4 cm³/mol. The van der Waals surface area contributed by atoms with E-state index in [1.165, 1.54) is 6.07 Å². The van der Waals surface area contributed by atoms with Gasteiger partial charge in [-0.2, -0.15) is 0 Å². The van der Waals surface area contributed by atoms with Crippen LogP contribution in [-0.4, -0.2) is 5.48 Å². The normalized spacial score (nSPS) is 9.53. The van der Waals surface area contributed by atoms with E-state index in [0.29, 0.717) is 12.3 Å². The van der Waals surface area contributed by atoms with Crippen LogP contribution in [-0.2, 0) is 6.54 Å². The number of rotatable bonds is 3. The van der Waals surface area contributed by atoms with Crippen LogP contribution in [0.25, 0.3) is 0 Å². The van der Waals surface area contributed by atoms with Crippen LogP contribution in [0.1, 0.15) is 5.56 Å². The fourth-order valence-electron chi connectivity index (χ4n) is 1.39. The second-order valence-electron chi connectivity index (χ2n) is 3.38. The van der Waals surface area contributed by atoms with E-state index in [2.05, 4.69) is 0 Å². The van der Waals surface area contributed by atoms with E-state index in [1.54, 1.807) is 30.3 Å². The van der Waals surface area contributed by atoms with E-state index in [9.17, 15) is 4.39 Å². The monoisotopic (exact) mass is 235 g/mol. The Labute approximate surface area is 99.0 Å². The number of para-hydroxylation sites is 1. The molecular formula is C13H14FNO2. The third-order valence-corrected chi connectivity index (χ3v) is 2.20. The summed E-state index contributed by atoms with van der Waals surface area (Å²) < 4.78 is 18.7. The molecule has 0 saturated carbocycles. The van der Waals surface area contributed by atoms with Crippen LogP contribution in [0.5, 0.6) is 11.5 Å². The molecule has 2 rings (SSSR count). The summed E-state index contributed by atoms with van der Waals surface area (Å²) in [5, 5.41) is 0. The van der Waals surface area contributed by atoms with Crippen LogP contribution in [0.2, 0.25) is 0 Å². The fourth-order valence-corrected chi connectivity index (χ4v) is 1.39. The van der Waals surface area contributed by atoms with E-state index in [0.717, 1.165) is 5.56 Å². The molecule has 0 amide bonds. The SMILES string of the molecule is NCc1cccc(Oc2ccccc2F)c1.O. The van der Waals surface area contributed by atoms with Gasteiger partial charge in [-0.25, -0.2) is 4.39 Å². The van der Waals surface area contributed by atoms with Crippen molar-refractivity contribution in [2.24, 2.45) is 5.73 Å². The van der Waals surface area contributed by atoms with Gasteiger partial charge in [-0.3, -0.25) is 0 Å². The topological polar surface area (TPSA) is 66.8 Å². The van der Waals surface area contributed by atoms with Crippen LogP contribution >= 0.6 is 0 Å². The summed E-state index contributed by atoms with van der Waals surface area (Å²) in [6.07, 6.45) is 0. The first kappa shape index (κ1) is 13.2. The van der Waals surface area contributed by atoms with Crippen molar-refractivity contribution in [3.05, 3.63) is 59.9 Å². The molecule has 17 heavy (non-hydrogen) atoms. The summed E-state index contributed by atoms with van der Waals surface area (Å²) in [5.41, 5.74) is 6.46. The second kappa shape index (κ2) is 5.98. The Morgan fingerprint density at radius 1 is 1.06 bits per heavy atom. The minimum Gasteiger partial charge on any atom is -0.454 e. The molecule has 0 atom stereocenters. The average Bonchev–Trinajstić information content (AvgIpc) is 2.32. The molecule has 0 unspecified atom stereocenters. The molecule has 0 saturated heterocycles. The summed E-state index contributed by atoms with van der Waals surface area (Å²) in [6.45, 7) is 0.439. The molecule has 0 aliphatic heterocycles. The lowest BCUT2D eigenvalue weighted by molar-refractivity contribution is 0.442. The van der Waals surface area contributed by atoms with E-state index in [-0.39, 0.29) is 17.0 Å². The zero-order valence-corrected chi connectivity index (χ0v) is 9.19. The minimum absolute atomic E-state index is 0. The third kappa shape index (κ3) is 3.27. The Morgan fingerprint density at radius 3 is 2.53 bits per heavy atom. The maximum atomic E-state index is 13.3. The molecule has 0 radical (unpaired) electrons. The molecule has 0 aromatic heterocycles. The Kier molecular flexibility index (Phi) is 4.63.